The number of hydrogen-bond acceptors (Lipinski definition) is 3. The molecule has 2 heterocycles. The first-order valence-electron chi connectivity index (χ1n) is 5.02. The van der Waals surface area contributed by atoms with Gasteiger partial charge in [-0.25, -0.2) is 9.78 Å². The number of carbonyl (C=O) groups is 1. The molecule has 0 aliphatic rings. The zero-order chi connectivity index (χ0) is 11.5. The molecule has 2 aromatic heterocycles. The monoisotopic (exact) mass is 220 g/mol. The molecule has 0 aliphatic carbocycles. The molecule has 2 N–H and O–H groups in total. The highest BCUT2D eigenvalue weighted by Crippen LogP contribution is 2.14. The zero-order valence-electron chi connectivity index (χ0n) is 8.84. The maximum Gasteiger partial charge on any atom is 0.353 e. The Bertz CT molecular complexity index is 500. The number of aromatic carboxylic acids is 1. The van der Waals surface area contributed by atoms with Gasteiger partial charge in [0.1, 0.15) is 11.5 Å². The molecule has 2 rings (SSSR count). The van der Waals surface area contributed by atoms with Crippen LogP contribution >= 0.6 is 0 Å². The Hall–Kier alpha value is -2.11. The Morgan fingerprint density at radius 2 is 2.38 bits per heavy atom. The van der Waals surface area contributed by atoms with E-state index in [1.165, 1.54) is 6.20 Å². The molecule has 0 saturated heterocycles. The predicted molar refractivity (Wildman–Crippen MR) is 57.1 cm³/mol. The molecular formula is C10H12N4O2. The lowest BCUT2D eigenvalue weighted by Crippen LogP contribution is -1.96. The third-order valence-corrected chi connectivity index (χ3v) is 2.17. The van der Waals surface area contributed by atoms with Gasteiger partial charge < -0.3 is 10.1 Å². The van der Waals surface area contributed by atoms with Gasteiger partial charge in [0.05, 0.1) is 18.0 Å². The molecule has 2 aromatic rings. The maximum absolute atomic E-state index is 10.7. The van der Waals surface area contributed by atoms with Crippen LogP contribution in [-0.4, -0.2) is 30.8 Å². The molecule has 84 valence electrons. The second-order valence-corrected chi connectivity index (χ2v) is 3.44. The highest BCUT2D eigenvalue weighted by molar-refractivity contribution is 5.85. The quantitative estimate of drug-likeness (QED) is 0.815. The summed E-state index contributed by atoms with van der Waals surface area (Å²) in [5, 5.41) is 12.9. The Balaban J connectivity index is 2.24. The van der Waals surface area contributed by atoms with E-state index in [4.69, 9.17) is 5.11 Å². The van der Waals surface area contributed by atoms with Crippen molar-refractivity contribution < 1.29 is 9.90 Å². The van der Waals surface area contributed by atoms with E-state index < -0.39 is 5.97 Å². The zero-order valence-corrected chi connectivity index (χ0v) is 8.84. The van der Waals surface area contributed by atoms with Crippen LogP contribution in [0.15, 0.2) is 18.6 Å². The average molecular weight is 220 g/mol. The van der Waals surface area contributed by atoms with Crippen molar-refractivity contribution in [3.63, 3.8) is 0 Å². The molecule has 0 saturated carbocycles. The van der Waals surface area contributed by atoms with Crippen molar-refractivity contribution in [2.24, 2.45) is 0 Å². The molecule has 0 aromatic carbocycles. The van der Waals surface area contributed by atoms with Gasteiger partial charge in [-0.2, -0.15) is 5.10 Å². The summed E-state index contributed by atoms with van der Waals surface area (Å²) >= 11 is 0. The summed E-state index contributed by atoms with van der Waals surface area (Å²) in [6, 6.07) is 0. The number of aromatic amines is 1. The van der Waals surface area contributed by atoms with Gasteiger partial charge in [0, 0.05) is 12.7 Å². The first-order valence-corrected chi connectivity index (χ1v) is 5.02. The van der Waals surface area contributed by atoms with Crippen LogP contribution in [0.3, 0.4) is 0 Å². The fraction of sp³-hybridized carbons (Fsp3) is 0.300. The second kappa shape index (κ2) is 4.18. The fourth-order valence-corrected chi connectivity index (χ4v) is 1.41. The standard InChI is InChI=1S/C10H12N4O2/c1-2-3-14-6-7(4-12-14)9-11-5-8(13-9)10(15)16/h4-6H,2-3H2,1H3,(H,11,13)(H,15,16). The number of nitrogens with one attached hydrogen (secondary N) is 1. The summed E-state index contributed by atoms with van der Waals surface area (Å²) in [6.07, 6.45) is 5.81. The largest absolute Gasteiger partial charge is 0.477 e. The highest BCUT2D eigenvalue weighted by Gasteiger charge is 2.09. The molecule has 0 spiro atoms. The summed E-state index contributed by atoms with van der Waals surface area (Å²) in [7, 11) is 0. The SMILES string of the molecule is CCCn1cc(-c2ncc(C(=O)O)[nH]2)cn1. The first-order chi connectivity index (χ1) is 7.70. The number of aryl methyl sites for hydroxylation is 1. The fourth-order valence-electron chi connectivity index (χ4n) is 1.41. The van der Waals surface area contributed by atoms with Gasteiger partial charge >= 0.3 is 5.97 Å². The number of carboxylic acid groups (broad SMARTS) is 1. The number of carboxylic acids is 1. The van der Waals surface area contributed by atoms with Crippen LogP contribution in [0.25, 0.3) is 11.4 Å². The molecule has 0 atom stereocenters. The number of rotatable bonds is 4. The molecule has 0 unspecified atom stereocenters. The van der Waals surface area contributed by atoms with Crippen LogP contribution in [0.4, 0.5) is 0 Å². The molecule has 0 amide bonds. The van der Waals surface area contributed by atoms with Gasteiger partial charge in [-0.1, -0.05) is 6.92 Å². The molecule has 6 nitrogen and oxygen atoms in total. The number of aromatic nitrogens is 4. The molecular weight excluding hydrogens is 208 g/mol. The van der Waals surface area contributed by atoms with Gasteiger partial charge in [-0.3, -0.25) is 4.68 Å². The molecule has 0 aliphatic heterocycles. The van der Waals surface area contributed by atoms with E-state index in [0.29, 0.717) is 5.82 Å². The normalized spacial score (nSPS) is 10.6. The maximum atomic E-state index is 10.7. The van der Waals surface area contributed by atoms with Crippen LogP contribution in [0.5, 0.6) is 0 Å². The summed E-state index contributed by atoms with van der Waals surface area (Å²) in [4.78, 5) is 17.4. The molecule has 6 heteroatoms. The van der Waals surface area contributed by atoms with E-state index in [9.17, 15) is 4.79 Å². The van der Waals surface area contributed by atoms with Crippen molar-refractivity contribution in [3.8, 4) is 11.4 Å². The minimum atomic E-state index is -1.01. The van der Waals surface area contributed by atoms with Crippen LogP contribution in [-0.2, 0) is 6.54 Å². The van der Waals surface area contributed by atoms with Gasteiger partial charge in [0.2, 0.25) is 0 Å². The third-order valence-electron chi connectivity index (χ3n) is 2.17. The van der Waals surface area contributed by atoms with E-state index in [2.05, 4.69) is 22.0 Å². The summed E-state index contributed by atoms with van der Waals surface area (Å²) in [6.45, 7) is 2.91. The van der Waals surface area contributed by atoms with Crippen molar-refractivity contribution in [3.05, 3.63) is 24.3 Å². The Kier molecular flexibility index (Phi) is 2.72. The third kappa shape index (κ3) is 1.95. The molecule has 0 radical (unpaired) electrons. The topological polar surface area (TPSA) is 83.8 Å². The molecule has 0 bridgehead atoms. The van der Waals surface area contributed by atoms with Crippen molar-refractivity contribution in [2.75, 3.05) is 0 Å². The first kappa shape index (κ1) is 10.4. The molecule has 0 fully saturated rings. The Morgan fingerprint density at radius 3 is 3.00 bits per heavy atom. The van der Waals surface area contributed by atoms with Crippen LogP contribution in [0.1, 0.15) is 23.8 Å². The summed E-state index contributed by atoms with van der Waals surface area (Å²) < 4.78 is 1.80. The van der Waals surface area contributed by atoms with E-state index in [-0.39, 0.29) is 5.69 Å². The Morgan fingerprint density at radius 1 is 1.56 bits per heavy atom. The minimum Gasteiger partial charge on any atom is -0.477 e. The number of imidazole rings is 1. The number of hydrogen-bond donors (Lipinski definition) is 2. The minimum absolute atomic E-state index is 0.0817. The number of nitrogens with zero attached hydrogens (tertiary/aromatic N) is 3. The van der Waals surface area contributed by atoms with Gasteiger partial charge in [-0.15, -0.1) is 0 Å². The van der Waals surface area contributed by atoms with E-state index in [1.807, 2.05) is 6.20 Å². The van der Waals surface area contributed by atoms with E-state index >= 15 is 0 Å². The smallest absolute Gasteiger partial charge is 0.353 e. The van der Waals surface area contributed by atoms with E-state index in [1.54, 1.807) is 10.9 Å². The van der Waals surface area contributed by atoms with Crippen molar-refractivity contribution in [2.45, 2.75) is 19.9 Å². The lowest BCUT2D eigenvalue weighted by atomic mass is 10.3. The lowest BCUT2D eigenvalue weighted by molar-refractivity contribution is 0.0691. The van der Waals surface area contributed by atoms with Gasteiger partial charge in [0.25, 0.3) is 0 Å². The van der Waals surface area contributed by atoms with Crippen molar-refractivity contribution in [1.82, 2.24) is 19.7 Å². The van der Waals surface area contributed by atoms with E-state index in [0.717, 1.165) is 18.5 Å². The molecule has 16 heavy (non-hydrogen) atoms. The predicted octanol–water partition coefficient (Wildman–Crippen LogP) is 1.38. The van der Waals surface area contributed by atoms with Gasteiger partial charge in [0.15, 0.2) is 0 Å². The van der Waals surface area contributed by atoms with Crippen LogP contribution in [0, 0.1) is 0 Å². The highest BCUT2D eigenvalue weighted by atomic mass is 16.4. The van der Waals surface area contributed by atoms with Crippen LogP contribution in [0.2, 0.25) is 0 Å². The van der Waals surface area contributed by atoms with Crippen LogP contribution < -0.4 is 0 Å². The lowest BCUT2D eigenvalue weighted by Gasteiger charge is -1.94. The van der Waals surface area contributed by atoms with Crippen molar-refractivity contribution in [1.29, 1.82) is 0 Å². The second-order valence-electron chi connectivity index (χ2n) is 3.44. The number of H-pyrrole nitrogens is 1. The summed E-state index contributed by atoms with van der Waals surface area (Å²) in [5.74, 6) is -0.487. The van der Waals surface area contributed by atoms with Gasteiger partial charge in [-0.05, 0) is 6.42 Å². The Labute approximate surface area is 91.9 Å². The van der Waals surface area contributed by atoms with Crippen molar-refractivity contribution >= 4 is 5.97 Å². The average Bonchev–Trinajstić information content (AvgIpc) is 2.84. The summed E-state index contributed by atoms with van der Waals surface area (Å²) in [5.41, 5.74) is 0.874.